The van der Waals surface area contributed by atoms with Crippen molar-refractivity contribution < 1.29 is 14.4 Å². The van der Waals surface area contributed by atoms with Gasteiger partial charge in [0.1, 0.15) is 6.04 Å². The fourth-order valence-corrected chi connectivity index (χ4v) is 3.40. The number of benzene rings is 2. The number of hydrogen-bond donors (Lipinski definition) is 3. The number of hydrogen-bond acceptors (Lipinski definition) is 4. The van der Waals surface area contributed by atoms with Crippen molar-refractivity contribution in [1.82, 2.24) is 15.3 Å². The number of nitrogens with two attached hydrogens (primary N) is 1. The highest BCUT2D eigenvalue weighted by molar-refractivity contribution is 6.22. The van der Waals surface area contributed by atoms with Crippen molar-refractivity contribution >= 4 is 28.6 Å². The number of aromatic nitrogens is 1. The van der Waals surface area contributed by atoms with Crippen molar-refractivity contribution in [2.45, 2.75) is 12.5 Å². The molecule has 1 aliphatic heterocycles. The summed E-state index contributed by atoms with van der Waals surface area (Å²) in [6.07, 6.45) is 1.94. The summed E-state index contributed by atoms with van der Waals surface area (Å²) in [5.74, 6) is 3.75. The van der Waals surface area contributed by atoms with Crippen molar-refractivity contribution in [1.29, 1.82) is 0 Å². The highest BCUT2D eigenvalue weighted by Crippen LogP contribution is 2.27. The second kappa shape index (κ2) is 6.12. The standard InChI is InChI=1S/C19H16N4O3/c20-22-17(24)16(9-11-10-21-15-8-4-3-5-12(11)15)23-18(25)13-6-1-2-7-14(13)19(23)26/h1-8,10,16,21H,9,20H2,(H,22,24). The molecule has 130 valence electrons. The smallest absolute Gasteiger partial charge is 0.262 e. The number of hydrazine groups is 1. The lowest BCUT2D eigenvalue weighted by molar-refractivity contribution is -0.125. The van der Waals surface area contributed by atoms with Gasteiger partial charge in [0.2, 0.25) is 0 Å². The molecule has 0 fully saturated rings. The predicted octanol–water partition coefficient (Wildman–Crippen LogP) is 1.37. The normalized spacial score (nSPS) is 14.6. The molecule has 4 N–H and O–H groups in total. The van der Waals surface area contributed by atoms with Crippen LogP contribution in [0.4, 0.5) is 0 Å². The van der Waals surface area contributed by atoms with Gasteiger partial charge in [-0.2, -0.15) is 0 Å². The van der Waals surface area contributed by atoms with Crippen molar-refractivity contribution in [2.24, 2.45) is 5.84 Å². The Kier molecular flexibility index (Phi) is 3.78. The minimum atomic E-state index is -1.04. The Labute approximate surface area is 148 Å². The molecular formula is C19H16N4O3. The number of fused-ring (bicyclic) bond motifs is 2. The molecule has 1 aliphatic rings. The van der Waals surface area contributed by atoms with E-state index in [4.69, 9.17) is 5.84 Å². The number of imide groups is 1. The van der Waals surface area contributed by atoms with Crippen LogP contribution in [0.25, 0.3) is 10.9 Å². The van der Waals surface area contributed by atoms with E-state index in [-0.39, 0.29) is 6.42 Å². The number of nitrogens with zero attached hydrogens (tertiary/aromatic N) is 1. The van der Waals surface area contributed by atoms with E-state index >= 15 is 0 Å². The highest BCUT2D eigenvalue weighted by Gasteiger charge is 2.42. The lowest BCUT2D eigenvalue weighted by Crippen LogP contribution is -2.52. The van der Waals surface area contributed by atoms with Crippen LogP contribution < -0.4 is 11.3 Å². The van der Waals surface area contributed by atoms with E-state index in [0.29, 0.717) is 11.1 Å². The molecule has 4 rings (SSSR count). The topological polar surface area (TPSA) is 108 Å². The number of carbonyl (C=O) groups excluding carboxylic acids is 3. The Hall–Kier alpha value is -3.45. The first kappa shape index (κ1) is 16.0. The summed E-state index contributed by atoms with van der Waals surface area (Å²) in [6, 6.07) is 13.1. The third-order valence-corrected chi connectivity index (χ3v) is 4.67. The Morgan fingerprint density at radius 3 is 2.31 bits per heavy atom. The van der Waals surface area contributed by atoms with Crippen LogP contribution in [0.3, 0.4) is 0 Å². The van der Waals surface area contributed by atoms with E-state index in [0.717, 1.165) is 21.4 Å². The second-order valence-corrected chi connectivity index (χ2v) is 6.11. The zero-order valence-electron chi connectivity index (χ0n) is 13.7. The van der Waals surface area contributed by atoms with E-state index in [1.165, 1.54) is 0 Å². The second-order valence-electron chi connectivity index (χ2n) is 6.11. The van der Waals surface area contributed by atoms with Crippen molar-refractivity contribution in [3.05, 3.63) is 71.4 Å². The first-order valence-electron chi connectivity index (χ1n) is 8.14. The van der Waals surface area contributed by atoms with Crippen LogP contribution in [0.5, 0.6) is 0 Å². The van der Waals surface area contributed by atoms with Gasteiger partial charge in [-0.25, -0.2) is 5.84 Å². The third-order valence-electron chi connectivity index (χ3n) is 4.67. The molecule has 7 heteroatoms. The molecule has 0 aliphatic carbocycles. The molecule has 1 aromatic heterocycles. The fourth-order valence-electron chi connectivity index (χ4n) is 3.40. The van der Waals surface area contributed by atoms with Gasteiger partial charge >= 0.3 is 0 Å². The number of H-pyrrole nitrogens is 1. The SMILES string of the molecule is NNC(=O)C(Cc1c[nH]c2ccccc12)N1C(=O)c2ccccc2C1=O. The Bertz CT molecular complexity index is 1000. The van der Waals surface area contributed by atoms with Crippen molar-refractivity contribution in [3.8, 4) is 0 Å². The maximum Gasteiger partial charge on any atom is 0.262 e. The molecule has 1 atom stereocenters. The van der Waals surface area contributed by atoms with Crippen LogP contribution in [0.1, 0.15) is 26.3 Å². The molecule has 1 unspecified atom stereocenters. The largest absolute Gasteiger partial charge is 0.361 e. The quantitative estimate of drug-likeness (QED) is 0.286. The molecule has 0 saturated carbocycles. The fraction of sp³-hybridized carbons (Fsp3) is 0.105. The van der Waals surface area contributed by atoms with Gasteiger partial charge in [0.05, 0.1) is 11.1 Å². The van der Waals surface area contributed by atoms with E-state index in [2.05, 4.69) is 10.4 Å². The zero-order valence-corrected chi connectivity index (χ0v) is 13.7. The molecule has 0 saturated heterocycles. The third kappa shape index (κ3) is 2.37. The lowest BCUT2D eigenvalue weighted by atomic mass is 10.0. The van der Waals surface area contributed by atoms with Gasteiger partial charge < -0.3 is 4.98 Å². The Morgan fingerprint density at radius 2 is 1.65 bits per heavy atom. The summed E-state index contributed by atoms with van der Waals surface area (Å²) in [5.41, 5.74) is 4.41. The maximum atomic E-state index is 12.7. The summed E-state index contributed by atoms with van der Waals surface area (Å²) in [7, 11) is 0. The van der Waals surface area contributed by atoms with Gasteiger partial charge in [0.25, 0.3) is 17.7 Å². The minimum absolute atomic E-state index is 0.165. The lowest BCUT2D eigenvalue weighted by Gasteiger charge is -2.24. The van der Waals surface area contributed by atoms with E-state index < -0.39 is 23.8 Å². The van der Waals surface area contributed by atoms with Gasteiger partial charge in [-0.05, 0) is 23.8 Å². The molecule has 7 nitrogen and oxygen atoms in total. The average Bonchev–Trinajstić information content (AvgIpc) is 3.19. The number of rotatable bonds is 4. The van der Waals surface area contributed by atoms with E-state index in [9.17, 15) is 14.4 Å². The molecule has 3 aromatic rings. The average molecular weight is 348 g/mol. The molecule has 3 amide bonds. The Balaban J connectivity index is 1.74. The van der Waals surface area contributed by atoms with Gasteiger partial charge in [0.15, 0.2) is 0 Å². The number of carbonyl (C=O) groups is 3. The number of aromatic amines is 1. The van der Waals surface area contributed by atoms with Crippen LogP contribution in [0.2, 0.25) is 0 Å². The summed E-state index contributed by atoms with van der Waals surface area (Å²) < 4.78 is 0. The van der Waals surface area contributed by atoms with Crippen LogP contribution >= 0.6 is 0 Å². The van der Waals surface area contributed by atoms with Crippen LogP contribution in [-0.2, 0) is 11.2 Å². The van der Waals surface area contributed by atoms with E-state index in [1.54, 1.807) is 30.5 Å². The molecule has 26 heavy (non-hydrogen) atoms. The monoisotopic (exact) mass is 348 g/mol. The van der Waals surface area contributed by atoms with E-state index in [1.807, 2.05) is 24.3 Å². The Morgan fingerprint density at radius 1 is 1.04 bits per heavy atom. The molecule has 2 aromatic carbocycles. The predicted molar refractivity (Wildman–Crippen MR) is 95.1 cm³/mol. The van der Waals surface area contributed by atoms with Gasteiger partial charge in [-0.1, -0.05) is 30.3 Å². The summed E-state index contributed by atoms with van der Waals surface area (Å²) in [6.45, 7) is 0. The van der Waals surface area contributed by atoms with Crippen LogP contribution in [0.15, 0.2) is 54.7 Å². The van der Waals surface area contributed by atoms with Crippen molar-refractivity contribution in [2.75, 3.05) is 0 Å². The van der Waals surface area contributed by atoms with Crippen LogP contribution in [-0.4, -0.2) is 33.6 Å². The number of para-hydroxylation sites is 1. The highest BCUT2D eigenvalue weighted by atomic mass is 16.2. The van der Waals surface area contributed by atoms with Gasteiger partial charge in [-0.3, -0.25) is 24.7 Å². The molecule has 0 spiro atoms. The van der Waals surface area contributed by atoms with Crippen molar-refractivity contribution in [3.63, 3.8) is 0 Å². The van der Waals surface area contributed by atoms with Gasteiger partial charge in [-0.15, -0.1) is 0 Å². The minimum Gasteiger partial charge on any atom is -0.361 e. The maximum absolute atomic E-state index is 12.7. The molecule has 0 radical (unpaired) electrons. The molecule has 0 bridgehead atoms. The summed E-state index contributed by atoms with van der Waals surface area (Å²) >= 11 is 0. The number of amides is 3. The van der Waals surface area contributed by atoms with Crippen LogP contribution in [0, 0.1) is 0 Å². The van der Waals surface area contributed by atoms with Gasteiger partial charge in [0, 0.05) is 23.5 Å². The summed E-state index contributed by atoms with van der Waals surface area (Å²) in [5, 5.41) is 0.930. The summed E-state index contributed by atoms with van der Waals surface area (Å²) in [4.78, 5) is 42.0. The molecular weight excluding hydrogens is 332 g/mol. The first-order valence-corrected chi connectivity index (χ1v) is 8.14. The first-order chi connectivity index (χ1) is 12.6. The number of nitrogens with one attached hydrogen (secondary N) is 2. The molecule has 2 heterocycles. The zero-order chi connectivity index (χ0) is 18.3.